The van der Waals surface area contributed by atoms with Crippen molar-refractivity contribution < 1.29 is 19.1 Å². The van der Waals surface area contributed by atoms with Crippen molar-refractivity contribution in [2.45, 2.75) is 6.92 Å². The number of ether oxygens (including phenoxy) is 2. The fourth-order valence-corrected chi connectivity index (χ4v) is 1.19. The lowest BCUT2D eigenvalue weighted by atomic mass is 10.1. The molecule has 0 saturated carbocycles. The molecule has 0 aromatic heterocycles. The Labute approximate surface area is 99.9 Å². The monoisotopic (exact) mass is 237 g/mol. The van der Waals surface area contributed by atoms with E-state index in [9.17, 15) is 9.59 Å². The van der Waals surface area contributed by atoms with Crippen molar-refractivity contribution in [1.29, 1.82) is 0 Å². The summed E-state index contributed by atoms with van der Waals surface area (Å²) in [5, 5.41) is 0. The van der Waals surface area contributed by atoms with Gasteiger partial charge in [0.2, 0.25) is 0 Å². The van der Waals surface area contributed by atoms with Crippen molar-refractivity contribution >= 4 is 11.9 Å². The molecule has 0 atom stereocenters. The molecular formula is C12H15NO4. The molecule has 5 nitrogen and oxygen atoms in total. The predicted octanol–water partition coefficient (Wildman–Crippen LogP) is 1.96. The normalized spacial score (nSPS) is 9.65. The lowest BCUT2D eigenvalue weighted by molar-refractivity contribution is 0.101. The van der Waals surface area contributed by atoms with Gasteiger partial charge in [-0.2, -0.15) is 0 Å². The van der Waals surface area contributed by atoms with Crippen molar-refractivity contribution in [3.05, 3.63) is 23.8 Å². The third kappa shape index (κ3) is 3.21. The highest BCUT2D eigenvalue weighted by Gasteiger charge is 2.14. The molecule has 0 radical (unpaired) electrons. The number of benzene rings is 1. The van der Waals surface area contributed by atoms with Crippen LogP contribution in [0.2, 0.25) is 0 Å². The number of carbonyl (C=O) groups excluding carboxylic acids is 2. The van der Waals surface area contributed by atoms with Crippen LogP contribution in [0.15, 0.2) is 18.2 Å². The van der Waals surface area contributed by atoms with Crippen LogP contribution in [0.5, 0.6) is 11.5 Å². The summed E-state index contributed by atoms with van der Waals surface area (Å²) in [6.07, 6.45) is -0.541. The average Bonchev–Trinajstić information content (AvgIpc) is 2.28. The van der Waals surface area contributed by atoms with Crippen molar-refractivity contribution in [3.8, 4) is 11.5 Å². The van der Waals surface area contributed by atoms with Crippen molar-refractivity contribution in [1.82, 2.24) is 4.90 Å². The zero-order chi connectivity index (χ0) is 13.0. The number of carbonyl (C=O) groups is 2. The van der Waals surface area contributed by atoms with Crippen LogP contribution in [-0.4, -0.2) is 38.0 Å². The Hall–Kier alpha value is -2.04. The maximum atomic E-state index is 11.4. The summed E-state index contributed by atoms with van der Waals surface area (Å²) in [4.78, 5) is 24.1. The highest BCUT2D eigenvalue weighted by molar-refractivity contribution is 5.97. The summed E-state index contributed by atoms with van der Waals surface area (Å²) in [5.41, 5.74) is 0.348. The second-order valence-electron chi connectivity index (χ2n) is 3.68. The van der Waals surface area contributed by atoms with Crippen molar-refractivity contribution in [2.24, 2.45) is 0 Å². The molecule has 1 aromatic carbocycles. The Bertz CT molecular complexity index is 440. The van der Waals surface area contributed by atoms with Gasteiger partial charge in [-0.05, 0) is 19.1 Å². The molecule has 1 rings (SSSR count). The van der Waals surface area contributed by atoms with Crippen molar-refractivity contribution in [3.63, 3.8) is 0 Å². The van der Waals surface area contributed by atoms with E-state index >= 15 is 0 Å². The van der Waals surface area contributed by atoms with Gasteiger partial charge in [-0.1, -0.05) is 0 Å². The van der Waals surface area contributed by atoms with E-state index in [1.54, 1.807) is 26.2 Å². The Kier molecular flexibility index (Phi) is 4.09. The molecule has 0 spiro atoms. The van der Waals surface area contributed by atoms with Gasteiger partial charge in [-0.3, -0.25) is 4.79 Å². The smallest absolute Gasteiger partial charge is 0.414 e. The summed E-state index contributed by atoms with van der Waals surface area (Å²) < 4.78 is 10.1. The van der Waals surface area contributed by atoms with Gasteiger partial charge in [-0.25, -0.2) is 4.79 Å². The molecule has 0 saturated heterocycles. The topological polar surface area (TPSA) is 55.8 Å². The number of hydrogen-bond donors (Lipinski definition) is 0. The molecule has 0 bridgehead atoms. The Morgan fingerprint density at radius 3 is 2.35 bits per heavy atom. The van der Waals surface area contributed by atoms with Crippen LogP contribution in [0.4, 0.5) is 4.79 Å². The summed E-state index contributed by atoms with van der Waals surface area (Å²) in [6.45, 7) is 1.41. The molecular weight excluding hydrogens is 222 g/mol. The fourth-order valence-electron chi connectivity index (χ4n) is 1.19. The predicted molar refractivity (Wildman–Crippen MR) is 62.7 cm³/mol. The zero-order valence-electron chi connectivity index (χ0n) is 10.3. The largest absolute Gasteiger partial charge is 0.497 e. The van der Waals surface area contributed by atoms with Crippen molar-refractivity contribution in [2.75, 3.05) is 21.2 Å². The molecule has 0 aliphatic heterocycles. The summed E-state index contributed by atoms with van der Waals surface area (Å²) >= 11 is 0. The van der Waals surface area contributed by atoms with Crippen LogP contribution in [0.3, 0.4) is 0 Å². The van der Waals surface area contributed by atoms with E-state index < -0.39 is 6.09 Å². The van der Waals surface area contributed by atoms with E-state index in [0.717, 1.165) is 0 Å². The van der Waals surface area contributed by atoms with E-state index in [1.165, 1.54) is 25.0 Å². The molecule has 0 aliphatic rings. The molecule has 0 aliphatic carbocycles. The van der Waals surface area contributed by atoms with E-state index in [1.807, 2.05) is 0 Å². The molecule has 0 unspecified atom stereocenters. The van der Waals surface area contributed by atoms with E-state index in [0.29, 0.717) is 11.3 Å². The van der Waals surface area contributed by atoms with Crippen LogP contribution in [0.25, 0.3) is 0 Å². The molecule has 1 aromatic rings. The summed E-state index contributed by atoms with van der Waals surface area (Å²) in [6, 6.07) is 4.72. The average molecular weight is 237 g/mol. The van der Waals surface area contributed by atoms with Gasteiger partial charge in [0.1, 0.15) is 11.5 Å². The van der Waals surface area contributed by atoms with Gasteiger partial charge >= 0.3 is 6.09 Å². The molecule has 17 heavy (non-hydrogen) atoms. The van der Waals surface area contributed by atoms with Gasteiger partial charge in [-0.15, -0.1) is 0 Å². The zero-order valence-corrected chi connectivity index (χ0v) is 10.3. The number of Topliss-reactive ketones (excluding diaryl/α,β-unsaturated/α-hetero) is 1. The number of ketones is 1. The lowest BCUT2D eigenvalue weighted by Crippen LogP contribution is -2.25. The van der Waals surface area contributed by atoms with Gasteiger partial charge in [0.15, 0.2) is 5.78 Å². The Morgan fingerprint density at radius 2 is 1.88 bits per heavy atom. The highest BCUT2D eigenvalue weighted by atomic mass is 16.6. The highest BCUT2D eigenvalue weighted by Crippen LogP contribution is 2.25. The lowest BCUT2D eigenvalue weighted by Gasteiger charge is -2.13. The minimum Gasteiger partial charge on any atom is -0.497 e. The van der Waals surface area contributed by atoms with E-state index in [4.69, 9.17) is 9.47 Å². The van der Waals surface area contributed by atoms with Gasteiger partial charge < -0.3 is 14.4 Å². The Morgan fingerprint density at radius 1 is 1.24 bits per heavy atom. The van der Waals surface area contributed by atoms with Gasteiger partial charge in [0.05, 0.1) is 12.7 Å². The van der Waals surface area contributed by atoms with E-state index in [2.05, 4.69) is 0 Å². The second kappa shape index (κ2) is 5.34. The summed E-state index contributed by atoms with van der Waals surface area (Å²) in [5.74, 6) is 0.557. The van der Waals surface area contributed by atoms with Crippen LogP contribution in [0.1, 0.15) is 17.3 Å². The fraction of sp³-hybridized carbons (Fsp3) is 0.333. The number of methoxy groups -OCH3 is 1. The minimum atomic E-state index is -0.541. The first-order valence-electron chi connectivity index (χ1n) is 5.03. The standard InChI is InChI=1S/C12H15NO4/c1-8(14)10-6-5-9(16-4)7-11(10)17-12(15)13(2)3/h5-7H,1-4H3. The molecule has 0 fully saturated rings. The first-order valence-corrected chi connectivity index (χ1v) is 5.03. The number of nitrogens with zero attached hydrogens (tertiary/aromatic N) is 1. The van der Waals surface area contributed by atoms with Gasteiger partial charge in [0, 0.05) is 20.2 Å². The number of hydrogen-bond acceptors (Lipinski definition) is 4. The first kappa shape index (κ1) is 13.0. The van der Waals surface area contributed by atoms with Crippen LogP contribution >= 0.6 is 0 Å². The Balaban J connectivity index is 3.09. The molecule has 0 heterocycles. The SMILES string of the molecule is COc1ccc(C(C)=O)c(OC(=O)N(C)C)c1. The number of amides is 1. The van der Waals surface area contributed by atoms with Crippen LogP contribution in [-0.2, 0) is 0 Å². The van der Waals surface area contributed by atoms with Crippen LogP contribution in [0, 0.1) is 0 Å². The first-order chi connectivity index (χ1) is 7.95. The summed E-state index contributed by atoms with van der Waals surface area (Å²) in [7, 11) is 4.63. The third-order valence-electron chi connectivity index (χ3n) is 2.13. The minimum absolute atomic E-state index is 0.172. The third-order valence-corrected chi connectivity index (χ3v) is 2.13. The second-order valence-corrected chi connectivity index (χ2v) is 3.68. The maximum absolute atomic E-state index is 11.4. The molecule has 1 amide bonds. The molecule has 0 N–H and O–H groups in total. The van der Waals surface area contributed by atoms with E-state index in [-0.39, 0.29) is 11.5 Å². The van der Waals surface area contributed by atoms with Gasteiger partial charge in [0.25, 0.3) is 0 Å². The molecule has 92 valence electrons. The maximum Gasteiger partial charge on any atom is 0.414 e. The quantitative estimate of drug-likeness (QED) is 0.754. The number of rotatable bonds is 3. The van der Waals surface area contributed by atoms with Crippen LogP contribution < -0.4 is 9.47 Å². The molecule has 5 heteroatoms.